The van der Waals surface area contributed by atoms with Crippen LogP contribution < -0.4 is 0 Å². The summed E-state index contributed by atoms with van der Waals surface area (Å²) in [5.74, 6) is -1.17. The summed E-state index contributed by atoms with van der Waals surface area (Å²) in [5.41, 5.74) is 0. The van der Waals surface area contributed by atoms with E-state index in [1.54, 1.807) is 6.08 Å². The van der Waals surface area contributed by atoms with Crippen molar-refractivity contribution in [2.45, 2.75) is 25.4 Å². The molecule has 3 nitrogen and oxygen atoms in total. The Hall–Kier alpha value is -0.830. The number of aliphatic hydroxyl groups is 1. The first-order valence-electron chi connectivity index (χ1n) is 3.77. The molecule has 0 aromatic heterocycles. The van der Waals surface area contributed by atoms with Gasteiger partial charge < -0.3 is 10.2 Å². The summed E-state index contributed by atoms with van der Waals surface area (Å²) >= 11 is 0. The van der Waals surface area contributed by atoms with Gasteiger partial charge in [-0.2, -0.15) is 0 Å². The van der Waals surface area contributed by atoms with E-state index in [4.69, 9.17) is 10.2 Å². The molecule has 2 N–H and O–H groups in total. The van der Waals surface area contributed by atoms with Gasteiger partial charge in [0.25, 0.3) is 0 Å². The quantitative estimate of drug-likeness (QED) is 0.552. The molecule has 0 aromatic carbocycles. The number of hydrogen-bond acceptors (Lipinski definition) is 2. The highest BCUT2D eigenvalue weighted by atomic mass is 16.4. The molecule has 11 heavy (non-hydrogen) atoms. The Balaban J connectivity index is 2.52. The van der Waals surface area contributed by atoms with E-state index in [-0.39, 0.29) is 5.92 Å². The molecule has 0 radical (unpaired) electrons. The van der Waals surface area contributed by atoms with Crippen molar-refractivity contribution in [1.82, 2.24) is 0 Å². The molecule has 0 heterocycles. The lowest BCUT2D eigenvalue weighted by Gasteiger charge is -2.09. The summed E-state index contributed by atoms with van der Waals surface area (Å²) in [6.45, 7) is 0. The highest BCUT2D eigenvalue weighted by molar-refractivity contribution is 5.70. The van der Waals surface area contributed by atoms with Gasteiger partial charge in [0.05, 0.1) is 12.0 Å². The molecule has 62 valence electrons. The minimum atomic E-state index is -0.798. The van der Waals surface area contributed by atoms with Crippen LogP contribution in [0.1, 0.15) is 19.3 Å². The SMILES string of the molecule is O=C(O)[C@H]1CCC=C[C@H](O)C1. The molecule has 0 fully saturated rings. The number of carbonyl (C=O) groups is 1. The van der Waals surface area contributed by atoms with Crippen LogP contribution in [0.2, 0.25) is 0 Å². The maximum absolute atomic E-state index is 10.5. The van der Waals surface area contributed by atoms with E-state index >= 15 is 0 Å². The van der Waals surface area contributed by atoms with Gasteiger partial charge in [-0.3, -0.25) is 4.79 Å². The van der Waals surface area contributed by atoms with Crippen LogP contribution in [0.3, 0.4) is 0 Å². The van der Waals surface area contributed by atoms with Crippen molar-refractivity contribution >= 4 is 5.97 Å². The zero-order valence-corrected chi connectivity index (χ0v) is 6.23. The van der Waals surface area contributed by atoms with Crippen molar-refractivity contribution in [3.05, 3.63) is 12.2 Å². The molecule has 0 amide bonds. The lowest BCUT2D eigenvalue weighted by molar-refractivity contribution is -0.142. The summed E-state index contributed by atoms with van der Waals surface area (Å²) in [7, 11) is 0. The van der Waals surface area contributed by atoms with E-state index in [1.165, 1.54) is 0 Å². The summed E-state index contributed by atoms with van der Waals surface area (Å²) in [6.07, 6.45) is 4.69. The van der Waals surface area contributed by atoms with Crippen molar-refractivity contribution < 1.29 is 15.0 Å². The van der Waals surface area contributed by atoms with Crippen molar-refractivity contribution in [3.8, 4) is 0 Å². The Morgan fingerprint density at radius 2 is 2.27 bits per heavy atom. The molecule has 0 aliphatic heterocycles. The molecule has 1 aliphatic rings. The third kappa shape index (κ3) is 2.35. The first kappa shape index (κ1) is 8.27. The Bertz CT molecular complexity index is 174. The van der Waals surface area contributed by atoms with Gasteiger partial charge in [0.1, 0.15) is 0 Å². The van der Waals surface area contributed by atoms with Crippen molar-refractivity contribution in [2.75, 3.05) is 0 Å². The number of hydrogen-bond donors (Lipinski definition) is 2. The lowest BCUT2D eigenvalue weighted by Crippen LogP contribution is -2.17. The molecule has 0 aromatic rings. The molecule has 0 unspecified atom stereocenters. The predicted molar refractivity (Wildman–Crippen MR) is 40.1 cm³/mol. The first-order valence-corrected chi connectivity index (χ1v) is 3.77. The molecular weight excluding hydrogens is 144 g/mol. The number of rotatable bonds is 1. The highest BCUT2D eigenvalue weighted by Crippen LogP contribution is 2.18. The van der Waals surface area contributed by atoms with Crippen LogP contribution in [0.4, 0.5) is 0 Å². The molecule has 0 saturated carbocycles. The summed E-state index contributed by atoms with van der Waals surface area (Å²) in [4.78, 5) is 10.5. The number of aliphatic hydroxyl groups excluding tert-OH is 1. The topological polar surface area (TPSA) is 57.5 Å². The summed E-state index contributed by atoms with van der Waals surface area (Å²) < 4.78 is 0. The average molecular weight is 156 g/mol. The maximum Gasteiger partial charge on any atom is 0.306 e. The fourth-order valence-corrected chi connectivity index (χ4v) is 1.26. The molecule has 2 atom stereocenters. The van der Waals surface area contributed by atoms with E-state index in [9.17, 15) is 4.79 Å². The second-order valence-electron chi connectivity index (χ2n) is 2.84. The lowest BCUT2D eigenvalue weighted by atomic mass is 9.99. The second-order valence-corrected chi connectivity index (χ2v) is 2.84. The Morgan fingerprint density at radius 3 is 2.91 bits per heavy atom. The van der Waals surface area contributed by atoms with Gasteiger partial charge in [0.2, 0.25) is 0 Å². The fraction of sp³-hybridized carbons (Fsp3) is 0.625. The van der Waals surface area contributed by atoms with Gasteiger partial charge in [0, 0.05) is 0 Å². The highest BCUT2D eigenvalue weighted by Gasteiger charge is 2.21. The molecule has 1 aliphatic carbocycles. The van der Waals surface area contributed by atoms with Gasteiger partial charge in [-0.1, -0.05) is 12.2 Å². The first-order chi connectivity index (χ1) is 5.20. The predicted octanol–water partition coefficient (Wildman–Crippen LogP) is 0.788. The largest absolute Gasteiger partial charge is 0.481 e. The third-order valence-corrected chi connectivity index (χ3v) is 1.92. The zero-order valence-electron chi connectivity index (χ0n) is 6.23. The zero-order chi connectivity index (χ0) is 8.27. The van der Waals surface area contributed by atoms with Crippen molar-refractivity contribution in [2.24, 2.45) is 5.92 Å². The molecular formula is C8H12O3. The van der Waals surface area contributed by atoms with Crippen molar-refractivity contribution in [1.29, 1.82) is 0 Å². The summed E-state index contributed by atoms with van der Waals surface area (Å²) in [6, 6.07) is 0. The molecule has 0 bridgehead atoms. The third-order valence-electron chi connectivity index (χ3n) is 1.92. The van der Waals surface area contributed by atoms with Crippen LogP contribution in [0.5, 0.6) is 0 Å². The fourth-order valence-electron chi connectivity index (χ4n) is 1.26. The summed E-state index contributed by atoms with van der Waals surface area (Å²) in [5, 5.41) is 17.8. The van der Waals surface area contributed by atoms with E-state index < -0.39 is 12.1 Å². The minimum absolute atomic E-state index is 0.353. The van der Waals surface area contributed by atoms with Crippen molar-refractivity contribution in [3.63, 3.8) is 0 Å². The standard InChI is InChI=1S/C8H12O3/c9-7-4-2-1-3-6(5-7)8(10)11/h2,4,6-7,9H,1,3,5H2,(H,10,11)/t6-,7-/m0/s1. The average Bonchev–Trinajstić information content (AvgIpc) is 2.13. The van der Waals surface area contributed by atoms with Gasteiger partial charge in [0.15, 0.2) is 0 Å². The molecule has 1 rings (SSSR count). The van der Waals surface area contributed by atoms with E-state index in [2.05, 4.69) is 0 Å². The van der Waals surface area contributed by atoms with E-state index in [1.807, 2.05) is 6.08 Å². The maximum atomic E-state index is 10.5. The van der Waals surface area contributed by atoms with Crippen LogP contribution in [0, 0.1) is 5.92 Å². The molecule has 0 spiro atoms. The van der Waals surface area contributed by atoms with Crippen LogP contribution in [0.15, 0.2) is 12.2 Å². The second kappa shape index (κ2) is 3.53. The number of carboxylic acid groups (broad SMARTS) is 1. The number of carboxylic acids is 1. The van der Waals surface area contributed by atoms with Gasteiger partial charge in [-0.25, -0.2) is 0 Å². The van der Waals surface area contributed by atoms with Crippen LogP contribution in [-0.2, 0) is 4.79 Å². The normalized spacial score (nSPS) is 31.4. The Labute approximate surface area is 65.3 Å². The van der Waals surface area contributed by atoms with Gasteiger partial charge >= 0.3 is 5.97 Å². The molecule has 0 saturated heterocycles. The van der Waals surface area contributed by atoms with E-state index in [0.29, 0.717) is 12.8 Å². The van der Waals surface area contributed by atoms with Gasteiger partial charge in [-0.05, 0) is 19.3 Å². The Kier molecular flexibility index (Phi) is 2.65. The van der Waals surface area contributed by atoms with Crippen LogP contribution in [-0.4, -0.2) is 22.3 Å². The number of aliphatic carboxylic acids is 1. The van der Waals surface area contributed by atoms with Crippen LogP contribution in [0.25, 0.3) is 0 Å². The van der Waals surface area contributed by atoms with Crippen LogP contribution >= 0.6 is 0 Å². The Morgan fingerprint density at radius 1 is 1.55 bits per heavy atom. The van der Waals surface area contributed by atoms with E-state index in [0.717, 1.165) is 6.42 Å². The molecule has 3 heteroatoms. The smallest absolute Gasteiger partial charge is 0.306 e. The number of allylic oxidation sites excluding steroid dienone is 1. The monoisotopic (exact) mass is 156 g/mol. The minimum Gasteiger partial charge on any atom is -0.481 e. The van der Waals surface area contributed by atoms with Gasteiger partial charge in [-0.15, -0.1) is 0 Å².